The van der Waals surface area contributed by atoms with Gasteiger partial charge < -0.3 is 10.2 Å². The van der Waals surface area contributed by atoms with Gasteiger partial charge in [-0.15, -0.1) is 0 Å². The zero-order chi connectivity index (χ0) is 12.8. The van der Waals surface area contributed by atoms with E-state index in [1.54, 1.807) is 0 Å². The summed E-state index contributed by atoms with van der Waals surface area (Å²) in [5.74, 6) is 0.767. The van der Waals surface area contributed by atoms with E-state index < -0.39 is 0 Å². The van der Waals surface area contributed by atoms with Crippen molar-refractivity contribution in [2.75, 3.05) is 32.7 Å². The van der Waals surface area contributed by atoms with Gasteiger partial charge in [0.1, 0.15) is 0 Å². The van der Waals surface area contributed by atoms with Crippen molar-refractivity contribution in [1.29, 1.82) is 0 Å². The van der Waals surface area contributed by atoms with Crippen molar-refractivity contribution in [3.05, 3.63) is 0 Å². The monoisotopic (exact) mass is 251 g/mol. The molecule has 3 rings (SSSR count). The number of carbonyl (C=O) groups excluding carboxylic acids is 1. The molecule has 0 aromatic heterocycles. The first-order chi connectivity index (χ1) is 8.60. The van der Waals surface area contributed by atoms with Gasteiger partial charge in [-0.1, -0.05) is 0 Å². The van der Waals surface area contributed by atoms with Crippen LogP contribution in [0.1, 0.15) is 33.1 Å². The molecule has 102 valence electrons. The fourth-order valence-electron chi connectivity index (χ4n) is 3.64. The average Bonchev–Trinajstić information content (AvgIpc) is 3.14. The van der Waals surface area contributed by atoms with Crippen LogP contribution in [0.15, 0.2) is 0 Å². The van der Waals surface area contributed by atoms with E-state index in [9.17, 15) is 4.79 Å². The standard InChI is InChI=1S/C14H25N3O/c1-14(2)12(16-9-6-15-7-10-16)5-8-17(14)13(18)11-3-4-11/h11-12,15H,3-10H2,1-2H3. The van der Waals surface area contributed by atoms with Crippen LogP contribution in [-0.2, 0) is 4.79 Å². The molecule has 1 unspecified atom stereocenters. The number of piperazine rings is 1. The minimum atomic E-state index is 0.0109. The fraction of sp³-hybridized carbons (Fsp3) is 0.929. The molecular weight excluding hydrogens is 226 g/mol. The van der Waals surface area contributed by atoms with Crippen molar-refractivity contribution in [3.63, 3.8) is 0 Å². The summed E-state index contributed by atoms with van der Waals surface area (Å²) in [7, 11) is 0. The van der Waals surface area contributed by atoms with Crippen LogP contribution >= 0.6 is 0 Å². The molecular formula is C14H25N3O. The van der Waals surface area contributed by atoms with E-state index in [4.69, 9.17) is 0 Å². The van der Waals surface area contributed by atoms with E-state index in [1.807, 2.05) is 0 Å². The molecule has 1 N–H and O–H groups in total. The molecule has 4 heteroatoms. The van der Waals surface area contributed by atoms with Gasteiger partial charge in [0.25, 0.3) is 0 Å². The maximum atomic E-state index is 12.3. The first-order valence-electron chi connectivity index (χ1n) is 7.37. The van der Waals surface area contributed by atoms with Gasteiger partial charge in [0.05, 0.1) is 5.54 Å². The highest BCUT2D eigenvalue weighted by Gasteiger charge is 2.49. The Hall–Kier alpha value is -0.610. The third-order valence-electron chi connectivity index (χ3n) is 4.92. The lowest BCUT2D eigenvalue weighted by Gasteiger charge is -2.43. The maximum absolute atomic E-state index is 12.3. The zero-order valence-corrected chi connectivity index (χ0v) is 11.6. The molecule has 0 aromatic rings. The molecule has 1 amide bonds. The van der Waals surface area contributed by atoms with Crippen LogP contribution in [0.3, 0.4) is 0 Å². The van der Waals surface area contributed by atoms with Crippen molar-refractivity contribution in [2.45, 2.75) is 44.7 Å². The highest BCUT2D eigenvalue weighted by molar-refractivity contribution is 5.82. The molecule has 1 atom stereocenters. The predicted molar refractivity (Wildman–Crippen MR) is 71.4 cm³/mol. The van der Waals surface area contributed by atoms with E-state index >= 15 is 0 Å². The third-order valence-corrected chi connectivity index (χ3v) is 4.92. The van der Waals surface area contributed by atoms with Crippen LogP contribution in [-0.4, -0.2) is 60.0 Å². The first kappa shape index (κ1) is 12.4. The summed E-state index contributed by atoms with van der Waals surface area (Å²) in [5, 5.41) is 3.41. The molecule has 3 fully saturated rings. The molecule has 0 spiro atoms. The van der Waals surface area contributed by atoms with Crippen molar-refractivity contribution < 1.29 is 4.79 Å². The summed E-state index contributed by atoms with van der Waals surface area (Å²) in [6.45, 7) is 9.89. The van der Waals surface area contributed by atoms with Gasteiger partial charge in [0, 0.05) is 44.7 Å². The Bertz CT molecular complexity index is 332. The van der Waals surface area contributed by atoms with Gasteiger partial charge in [-0.3, -0.25) is 9.69 Å². The minimum absolute atomic E-state index is 0.0109. The number of amides is 1. The number of rotatable bonds is 2. The van der Waals surface area contributed by atoms with Gasteiger partial charge in [-0.25, -0.2) is 0 Å². The highest BCUT2D eigenvalue weighted by atomic mass is 16.2. The number of nitrogens with zero attached hydrogens (tertiary/aromatic N) is 2. The van der Waals surface area contributed by atoms with Gasteiger partial charge in [0.2, 0.25) is 5.91 Å². The summed E-state index contributed by atoms with van der Waals surface area (Å²) >= 11 is 0. The molecule has 2 aliphatic heterocycles. The normalized spacial score (nSPS) is 32.8. The molecule has 2 heterocycles. The molecule has 0 aromatic carbocycles. The molecule has 3 aliphatic rings. The van der Waals surface area contributed by atoms with E-state index in [0.29, 0.717) is 17.9 Å². The van der Waals surface area contributed by atoms with Gasteiger partial charge >= 0.3 is 0 Å². The minimum Gasteiger partial charge on any atom is -0.336 e. The van der Waals surface area contributed by atoms with Crippen molar-refractivity contribution in [3.8, 4) is 0 Å². The quantitative estimate of drug-likeness (QED) is 0.784. The van der Waals surface area contributed by atoms with Gasteiger partial charge in [-0.2, -0.15) is 0 Å². The molecule has 1 aliphatic carbocycles. The second-order valence-electron chi connectivity index (χ2n) is 6.51. The van der Waals surface area contributed by atoms with E-state index in [-0.39, 0.29) is 5.54 Å². The summed E-state index contributed by atoms with van der Waals surface area (Å²) in [6.07, 6.45) is 3.37. The summed E-state index contributed by atoms with van der Waals surface area (Å²) in [4.78, 5) is 17.1. The maximum Gasteiger partial charge on any atom is 0.226 e. The average molecular weight is 251 g/mol. The van der Waals surface area contributed by atoms with E-state index in [0.717, 1.165) is 52.0 Å². The topological polar surface area (TPSA) is 35.6 Å². The van der Waals surface area contributed by atoms with Crippen LogP contribution in [0.25, 0.3) is 0 Å². The van der Waals surface area contributed by atoms with Crippen LogP contribution in [0.5, 0.6) is 0 Å². The molecule has 0 bridgehead atoms. The Morgan fingerprint density at radius 2 is 1.78 bits per heavy atom. The number of nitrogens with one attached hydrogen (secondary N) is 1. The summed E-state index contributed by atoms with van der Waals surface area (Å²) in [6, 6.07) is 0.544. The Kier molecular flexibility index (Phi) is 3.10. The lowest BCUT2D eigenvalue weighted by Crippen LogP contribution is -2.58. The molecule has 18 heavy (non-hydrogen) atoms. The summed E-state index contributed by atoms with van der Waals surface area (Å²) in [5.41, 5.74) is 0.0109. The Labute approximate surface area is 110 Å². The van der Waals surface area contributed by atoms with Crippen molar-refractivity contribution in [2.24, 2.45) is 5.92 Å². The van der Waals surface area contributed by atoms with Crippen molar-refractivity contribution in [1.82, 2.24) is 15.1 Å². The SMILES string of the molecule is CC1(C)C(N2CCNCC2)CCN1C(=O)C1CC1. The largest absolute Gasteiger partial charge is 0.336 e. The van der Waals surface area contributed by atoms with Crippen molar-refractivity contribution >= 4 is 5.91 Å². The number of carbonyl (C=O) groups is 1. The number of hydrogen-bond acceptors (Lipinski definition) is 3. The zero-order valence-electron chi connectivity index (χ0n) is 11.6. The van der Waals surface area contributed by atoms with Gasteiger partial charge in [0.15, 0.2) is 0 Å². The highest BCUT2D eigenvalue weighted by Crippen LogP contribution is 2.39. The third kappa shape index (κ3) is 2.05. The molecule has 0 radical (unpaired) electrons. The first-order valence-corrected chi connectivity index (χ1v) is 7.37. The van der Waals surface area contributed by atoms with Crippen LogP contribution in [0, 0.1) is 5.92 Å². The molecule has 1 saturated carbocycles. The second-order valence-corrected chi connectivity index (χ2v) is 6.51. The molecule has 4 nitrogen and oxygen atoms in total. The smallest absolute Gasteiger partial charge is 0.226 e. The Morgan fingerprint density at radius 3 is 2.39 bits per heavy atom. The Morgan fingerprint density at radius 1 is 1.11 bits per heavy atom. The van der Waals surface area contributed by atoms with Crippen LogP contribution in [0.4, 0.5) is 0 Å². The van der Waals surface area contributed by atoms with E-state index in [1.165, 1.54) is 0 Å². The van der Waals surface area contributed by atoms with Crippen LogP contribution in [0.2, 0.25) is 0 Å². The Balaban J connectivity index is 1.71. The molecule has 2 saturated heterocycles. The second kappa shape index (κ2) is 4.49. The number of likely N-dealkylation sites (tertiary alicyclic amines) is 1. The van der Waals surface area contributed by atoms with Crippen LogP contribution < -0.4 is 5.32 Å². The van der Waals surface area contributed by atoms with Gasteiger partial charge in [-0.05, 0) is 33.1 Å². The fourth-order valence-corrected chi connectivity index (χ4v) is 3.64. The van der Waals surface area contributed by atoms with E-state index in [2.05, 4.69) is 29.0 Å². The lowest BCUT2D eigenvalue weighted by molar-refractivity contribution is -0.136. The summed E-state index contributed by atoms with van der Waals surface area (Å²) < 4.78 is 0. The number of hydrogen-bond donors (Lipinski definition) is 1. The lowest BCUT2D eigenvalue weighted by atomic mass is 9.93. The predicted octanol–water partition coefficient (Wildman–Crippen LogP) is 0.681.